The van der Waals surface area contributed by atoms with Gasteiger partial charge in [0.25, 0.3) is 0 Å². The third-order valence-corrected chi connectivity index (χ3v) is 5.68. The van der Waals surface area contributed by atoms with Crippen molar-refractivity contribution in [3.05, 3.63) is 30.0 Å². The summed E-state index contributed by atoms with van der Waals surface area (Å²) in [5.41, 5.74) is 1.50. The highest BCUT2D eigenvalue weighted by atomic mass is 16.6. The average Bonchev–Trinajstić information content (AvgIpc) is 2.87. The number of hydrogen-bond donors (Lipinski definition) is 3. The van der Waals surface area contributed by atoms with Gasteiger partial charge in [-0.1, -0.05) is 6.92 Å². The first-order valence-electron chi connectivity index (χ1n) is 12.7. The summed E-state index contributed by atoms with van der Waals surface area (Å²) in [4.78, 5) is 37.6. The fourth-order valence-electron chi connectivity index (χ4n) is 3.82. The van der Waals surface area contributed by atoms with Crippen LogP contribution in [0.1, 0.15) is 40.2 Å². The number of benzene rings is 1. The van der Waals surface area contributed by atoms with Crippen molar-refractivity contribution in [2.45, 2.75) is 40.2 Å². The first kappa shape index (κ1) is 28.5. The van der Waals surface area contributed by atoms with Gasteiger partial charge in [0.2, 0.25) is 5.95 Å². The van der Waals surface area contributed by atoms with Crippen molar-refractivity contribution in [1.29, 1.82) is 5.26 Å². The second-order valence-corrected chi connectivity index (χ2v) is 9.63. The number of aromatic nitrogens is 2. The van der Waals surface area contributed by atoms with E-state index >= 15 is 0 Å². The second-order valence-electron chi connectivity index (χ2n) is 9.63. The number of carbonyl (C=O) groups excluding carboxylic acids is 2. The molecule has 38 heavy (non-hydrogen) atoms. The number of amides is 1. The lowest BCUT2D eigenvalue weighted by Crippen LogP contribution is -2.46. The maximum absolute atomic E-state index is 12.6. The van der Waals surface area contributed by atoms with Crippen LogP contribution in [0, 0.1) is 11.3 Å². The number of likely N-dealkylation sites (N-methyl/N-ethyl adjacent to an activating group) is 1. The van der Waals surface area contributed by atoms with Crippen molar-refractivity contribution in [2.75, 3.05) is 66.7 Å². The predicted octanol–water partition coefficient (Wildman–Crippen LogP) is 3.56. The molecule has 1 amide bonds. The summed E-state index contributed by atoms with van der Waals surface area (Å²) in [6, 6.07) is 7.69. The van der Waals surface area contributed by atoms with E-state index in [2.05, 4.69) is 42.6 Å². The number of esters is 1. The Labute approximate surface area is 223 Å². The van der Waals surface area contributed by atoms with Crippen molar-refractivity contribution in [3.63, 3.8) is 0 Å². The molecule has 204 valence electrons. The van der Waals surface area contributed by atoms with E-state index in [4.69, 9.17) is 9.47 Å². The van der Waals surface area contributed by atoms with Gasteiger partial charge >= 0.3 is 12.1 Å². The van der Waals surface area contributed by atoms with Crippen LogP contribution in [0.15, 0.2) is 24.4 Å². The van der Waals surface area contributed by atoms with E-state index in [1.54, 1.807) is 27.7 Å². The van der Waals surface area contributed by atoms with E-state index in [-0.39, 0.29) is 30.5 Å². The van der Waals surface area contributed by atoms with Gasteiger partial charge in [0.1, 0.15) is 29.6 Å². The summed E-state index contributed by atoms with van der Waals surface area (Å²) in [5, 5.41) is 18.2. The van der Waals surface area contributed by atoms with Crippen LogP contribution < -0.4 is 20.9 Å². The molecular formula is C26H36N8O4. The Bertz CT molecular complexity index is 1170. The van der Waals surface area contributed by atoms with Crippen LogP contribution >= 0.6 is 0 Å². The molecule has 0 unspecified atom stereocenters. The second kappa shape index (κ2) is 12.9. The molecule has 2 aromatic rings. The van der Waals surface area contributed by atoms with Crippen molar-refractivity contribution >= 4 is 40.9 Å². The highest BCUT2D eigenvalue weighted by Gasteiger charge is 2.21. The van der Waals surface area contributed by atoms with E-state index < -0.39 is 17.7 Å². The molecule has 1 aromatic carbocycles. The molecule has 1 aromatic heterocycles. The molecule has 0 aliphatic carbocycles. The topological polar surface area (TPSA) is 145 Å². The fraction of sp³-hybridized carbons (Fsp3) is 0.500. The molecule has 1 aliphatic heterocycles. The van der Waals surface area contributed by atoms with Crippen molar-refractivity contribution in [1.82, 2.24) is 14.9 Å². The summed E-state index contributed by atoms with van der Waals surface area (Å²) in [6.07, 6.45) is 0.761. The highest BCUT2D eigenvalue weighted by molar-refractivity contribution is 5.92. The normalized spacial score (nSPS) is 13.8. The van der Waals surface area contributed by atoms with Crippen LogP contribution in [-0.2, 0) is 14.3 Å². The molecule has 12 nitrogen and oxygen atoms in total. The van der Waals surface area contributed by atoms with Gasteiger partial charge in [-0.2, -0.15) is 10.2 Å². The number of ether oxygens (including phenoxy) is 2. The van der Waals surface area contributed by atoms with Crippen molar-refractivity contribution in [3.8, 4) is 6.07 Å². The highest BCUT2D eigenvalue weighted by Crippen LogP contribution is 2.31. The molecule has 0 radical (unpaired) electrons. The Morgan fingerprint density at radius 3 is 2.50 bits per heavy atom. The Kier molecular flexibility index (Phi) is 9.67. The first-order valence-corrected chi connectivity index (χ1v) is 12.7. The third kappa shape index (κ3) is 8.21. The number of hydrogen-bond acceptors (Lipinski definition) is 11. The van der Waals surface area contributed by atoms with Crippen LogP contribution in [0.25, 0.3) is 0 Å². The zero-order valence-corrected chi connectivity index (χ0v) is 22.6. The number of carbonyl (C=O) groups is 2. The minimum atomic E-state index is -0.665. The lowest BCUT2D eigenvalue weighted by molar-refractivity contribution is -0.140. The Balaban J connectivity index is 1.86. The molecule has 2 heterocycles. The standard InChI is InChI=1S/C26H36N8O4/c1-6-33-10-12-34(13-11-33)19-8-9-20(21(14-19)31-25(36)38-26(3,4)5)30-24-29-16-18(15-27)23(32-24)28-17-22(35)37-7-2/h8-9,14,16H,6-7,10-13,17H2,1-5H3,(H,31,36)(H2,28,29,30,32). The third-order valence-electron chi connectivity index (χ3n) is 5.68. The number of rotatable bonds is 9. The maximum Gasteiger partial charge on any atom is 0.412 e. The van der Waals surface area contributed by atoms with Crippen LogP contribution in [-0.4, -0.2) is 78.4 Å². The van der Waals surface area contributed by atoms with Gasteiger partial charge in [-0.25, -0.2) is 9.78 Å². The molecule has 0 atom stereocenters. The molecular weight excluding hydrogens is 488 g/mol. The van der Waals surface area contributed by atoms with Gasteiger partial charge in [0, 0.05) is 31.9 Å². The smallest absolute Gasteiger partial charge is 0.412 e. The minimum absolute atomic E-state index is 0.148. The van der Waals surface area contributed by atoms with E-state index in [0.717, 1.165) is 38.4 Å². The molecule has 1 aliphatic rings. The van der Waals surface area contributed by atoms with Crippen molar-refractivity contribution in [2.24, 2.45) is 0 Å². The number of nitrogens with zero attached hydrogens (tertiary/aromatic N) is 5. The van der Waals surface area contributed by atoms with E-state index in [9.17, 15) is 14.9 Å². The zero-order chi connectivity index (χ0) is 27.7. The van der Waals surface area contributed by atoms with Gasteiger partial charge in [0.15, 0.2) is 0 Å². The summed E-state index contributed by atoms with van der Waals surface area (Å²) >= 11 is 0. The Morgan fingerprint density at radius 1 is 1.13 bits per heavy atom. The van der Waals surface area contributed by atoms with Crippen LogP contribution in [0.4, 0.5) is 33.6 Å². The lowest BCUT2D eigenvalue weighted by atomic mass is 10.2. The quantitative estimate of drug-likeness (QED) is 0.414. The molecule has 3 rings (SSSR count). The maximum atomic E-state index is 12.6. The summed E-state index contributed by atoms with van der Waals surface area (Å²) in [5.74, 6) is -0.110. The molecule has 1 saturated heterocycles. The van der Waals surface area contributed by atoms with Crippen LogP contribution in [0.5, 0.6) is 0 Å². The average molecular weight is 525 g/mol. The molecule has 1 fully saturated rings. The van der Waals surface area contributed by atoms with E-state index in [1.165, 1.54) is 6.20 Å². The van der Waals surface area contributed by atoms with Gasteiger partial charge in [-0.05, 0) is 52.4 Å². The summed E-state index contributed by atoms with van der Waals surface area (Å²) in [6.45, 7) is 14.1. The van der Waals surface area contributed by atoms with E-state index in [1.807, 2.05) is 24.3 Å². The SMILES string of the molecule is CCOC(=O)CNc1nc(Nc2ccc(N3CCN(CC)CC3)cc2NC(=O)OC(C)(C)C)ncc1C#N. The summed E-state index contributed by atoms with van der Waals surface area (Å²) in [7, 11) is 0. The van der Waals surface area contributed by atoms with Gasteiger partial charge in [0.05, 0.1) is 24.2 Å². The molecule has 12 heteroatoms. The molecule has 0 saturated carbocycles. The van der Waals surface area contributed by atoms with Gasteiger partial charge in [-0.3, -0.25) is 10.1 Å². The number of piperazine rings is 1. The number of nitriles is 1. The van der Waals surface area contributed by atoms with E-state index in [0.29, 0.717) is 11.4 Å². The Morgan fingerprint density at radius 2 is 1.87 bits per heavy atom. The van der Waals surface area contributed by atoms with Crippen molar-refractivity contribution < 1.29 is 19.1 Å². The first-order chi connectivity index (χ1) is 18.1. The molecule has 0 spiro atoms. The van der Waals surface area contributed by atoms with Gasteiger partial charge in [-0.15, -0.1) is 0 Å². The van der Waals surface area contributed by atoms with Crippen LogP contribution in [0.3, 0.4) is 0 Å². The van der Waals surface area contributed by atoms with Crippen LogP contribution in [0.2, 0.25) is 0 Å². The molecule has 3 N–H and O–H groups in total. The predicted molar refractivity (Wildman–Crippen MR) is 146 cm³/mol. The zero-order valence-electron chi connectivity index (χ0n) is 22.6. The fourth-order valence-corrected chi connectivity index (χ4v) is 3.82. The number of anilines is 5. The van der Waals surface area contributed by atoms with Gasteiger partial charge < -0.3 is 29.9 Å². The molecule has 0 bridgehead atoms. The monoisotopic (exact) mass is 524 g/mol. The Hall–Kier alpha value is -4.11. The summed E-state index contributed by atoms with van der Waals surface area (Å²) < 4.78 is 10.4. The largest absolute Gasteiger partial charge is 0.465 e. The number of nitrogens with one attached hydrogen (secondary N) is 3. The lowest BCUT2D eigenvalue weighted by Gasteiger charge is -2.35. The minimum Gasteiger partial charge on any atom is -0.465 e.